The molecule has 0 aliphatic carbocycles. The normalized spacial score (nSPS) is 14.8. The van der Waals surface area contributed by atoms with Crippen molar-refractivity contribution in [1.82, 2.24) is 14.8 Å². The van der Waals surface area contributed by atoms with Crippen molar-refractivity contribution in [3.8, 4) is 0 Å². The first kappa shape index (κ1) is 16.9. The largest absolute Gasteiger partial charge is 0.335 e. The average Bonchev–Trinajstić information content (AvgIpc) is 2.56. The van der Waals surface area contributed by atoms with Gasteiger partial charge < -0.3 is 9.80 Å². The van der Waals surface area contributed by atoms with Crippen LogP contribution in [0.15, 0.2) is 36.5 Å². The molecule has 1 saturated heterocycles. The molecule has 0 radical (unpaired) electrons. The van der Waals surface area contributed by atoms with E-state index in [2.05, 4.69) is 4.98 Å². The molecule has 8 heteroatoms. The molecule has 0 spiro atoms. The number of amides is 2. The smallest absolute Gasteiger partial charge is 0.276 e. The van der Waals surface area contributed by atoms with Crippen LogP contribution in [0.4, 0.5) is 13.2 Å². The van der Waals surface area contributed by atoms with Gasteiger partial charge in [0.1, 0.15) is 18.2 Å². The molecular formula is C17H14F3N3O2. The van der Waals surface area contributed by atoms with Crippen molar-refractivity contribution >= 4 is 11.8 Å². The molecule has 1 aromatic carbocycles. The van der Waals surface area contributed by atoms with Gasteiger partial charge in [0.2, 0.25) is 5.91 Å². The number of hydrogen-bond acceptors (Lipinski definition) is 3. The first-order chi connectivity index (χ1) is 11.9. The highest BCUT2D eigenvalue weighted by molar-refractivity contribution is 5.95. The number of piperazine rings is 1. The maximum Gasteiger partial charge on any atom is 0.276 e. The molecule has 1 fully saturated rings. The molecule has 1 aromatic heterocycles. The molecule has 2 amide bonds. The van der Waals surface area contributed by atoms with Crippen LogP contribution in [-0.4, -0.2) is 46.2 Å². The Morgan fingerprint density at radius 3 is 2.60 bits per heavy atom. The van der Waals surface area contributed by atoms with E-state index in [4.69, 9.17) is 0 Å². The van der Waals surface area contributed by atoms with Crippen LogP contribution in [-0.2, 0) is 11.3 Å². The molecule has 0 bridgehead atoms. The van der Waals surface area contributed by atoms with E-state index in [1.54, 1.807) is 12.1 Å². The van der Waals surface area contributed by atoms with Crippen LogP contribution < -0.4 is 0 Å². The number of carbonyl (C=O) groups excluding carboxylic acids is 2. The molecule has 25 heavy (non-hydrogen) atoms. The summed E-state index contributed by atoms with van der Waals surface area (Å²) < 4.78 is 39.8. The van der Waals surface area contributed by atoms with Gasteiger partial charge in [0, 0.05) is 25.7 Å². The third-order valence-corrected chi connectivity index (χ3v) is 3.88. The molecule has 130 valence electrons. The minimum Gasteiger partial charge on any atom is -0.335 e. The van der Waals surface area contributed by atoms with Gasteiger partial charge in [-0.15, -0.1) is 0 Å². The Morgan fingerprint density at radius 2 is 1.92 bits per heavy atom. The van der Waals surface area contributed by atoms with Crippen LogP contribution in [0.1, 0.15) is 16.1 Å². The molecule has 1 aliphatic heterocycles. The van der Waals surface area contributed by atoms with E-state index < -0.39 is 29.1 Å². The lowest BCUT2D eigenvalue weighted by Gasteiger charge is -2.34. The quantitative estimate of drug-likeness (QED) is 0.852. The van der Waals surface area contributed by atoms with Crippen LogP contribution in [0.25, 0.3) is 0 Å². The molecule has 0 unspecified atom stereocenters. The number of benzene rings is 1. The van der Waals surface area contributed by atoms with Crippen molar-refractivity contribution in [3.05, 3.63) is 65.2 Å². The Balaban J connectivity index is 1.67. The third kappa shape index (κ3) is 3.78. The second-order valence-electron chi connectivity index (χ2n) is 5.66. The van der Waals surface area contributed by atoms with Gasteiger partial charge in [-0.3, -0.25) is 9.59 Å². The summed E-state index contributed by atoms with van der Waals surface area (Å²) in [6, 6.07) is 6.47. The standard InChI is InChI=1S/C17H14F3N3O2/c18-12-3-1-2-11(6-12)9-22-4-5-23(10-15(22)24)17(25)16-14(20)7-13(19)8-21-16/h1-3,6-8H,4-5,9-10H2. The van der Waals surface area contributed by atoms with Crippen molar-refractivity contribution in [2.24, 2.45) is 0 Å². The number of aromatic nitrogens is 1. The number of carbonyl (C=O) groups is 2. The summed E-state index contributed by atoms with van der Waals surface area (Å²) in [5.41, 5.74) is 0.118. The van der Waals surface area contributed by atoms with E-state index in [1.807, 2.05) is 0 Å². The van der Waals surface area contributed by atoms with Gasteiger partial charge in [-0.25, -0.2) is 18.2 Å². The van der Waals surface area contributed by atoms with Crippen LogP contribution >= 0.6 is 0 Å². The molecule has 3 rings (SSSR count). The number of rotatable bonds is 3. The van der Waals surface area contributed by atoms with Gasteiger partial charge >= 0.3 is 0 Å². The van der Waals surface area contributed by atoms with E-state index in [0.29, 0.717) is 11.6 Å². The molecule has 0 saturated carbocycles. The Morgan fingerprint density at radius 1 is 1.12 bits per heavy atom. The molecular weight excluding hydrogens is 335 g/mol. The monoisotopic (exact) mass is 349 g/mol. The van der Waals surface area contributed by atoms with Crippen LogP contribution in [0, 0.1) is 17.5 Å². The zero-order valence-electron chi connectivity index (χ0n) is 13.1. The number of halogens is 3. The van der Waals surface area contributed by atoms with Gasteiger partial charge in [-0.1, -0.05) is 12.1 Å². The second kappa shape index (κ2) is 6.92. The van der Waals surface area contributed by atoms with Crippen molar-refractivity contribution < 1.29 is 22.8 Å². The molecule has 5 nitrogen and oxygen atoms in total. The number of hydrogen-bond donors (Lipinski definition) is 0. The zero-order valence-corrected chi connectivity index (χ0v) is 13.1. The molecule has 0 N–H and O–H groups in total. The predicted octanol–water partition coefficient (Wildman–Crippen LogP) is 1.98. The topological polar surface area (TPSA) is 53.5 Å². The van der Waals surface area contributed by atoms with E-state index in [-0.39, 0.29) is 32.1 Å². The molecule has 2 heterocycles. The average molecular weight is 349 g/mol. The third-order valence-electron chi connectivity index (χ3n) is 3.88. The summed E-state index contributed by atoms with van der Waals surface area (Å²) in [4.78, 5) is 30.6. The van der Waals surface area contributed by atoms with Crippen molar-refractivity contribution in [3.63, 3.8) is 0 Å². The molecule has 0 atom stereocenters. The van der Waals surface area contributed by atoms with Gasteiger partial charge in [-0.2, -0.15) is 0 Å². The Hall–Kier alpha value is -2.90. The zero-order chi connectivity index (χ0) is 18.0. The lowest BCUT2D eigenvalue weighted by molar-refractivity contribution is -0.135. The van der Waals surface area contributed by atoms with E-state index >= 15 is 0 Å². The lowest BCUT2D eigenvalue weighted by atomic mass is 10.2. The van der Waals surface area contributed by atoms with E-state index in [0.717, 1.165) is 11.1 Å². The number of nitrogens with zero attached hydrogens (tertiary/aromatic N) is 3. The van der Waals surface area contributed by atoms with Crippen molar-refractivity contribution in [1.29, 1.82) is 0 Å². The van der Waals surface area contributed by atoms with Crippen molar-refractivity contribution in [2.45, 2.75) is 6.54 Å². The minimum absolute atomic E-state index is 0.179. The SMILES string of the molecule is O=C1CN(C(=O)c2ncc(F)cc2F)CCN1Cc1cccc(F)c1. The van der Waals surface area contributed by atoms with Gasteiger partial charge in [0.25, 0.3) is 5.91 Å². The highest BCUT2D eigenvalue weighted by Crippen LogP contribution is 2.14. The van der Waals surface area contributed by atoms with E-state index in [9.17, 15) is 22.8 Å². The van der Waals surface area contributed by atoms with Crippen molar-refractivity contribution in [2.75, 3.05) is 19.6 Å². The number of pyridine rings is 1. The van der Waals surface area contributed by atoms with Crippen LogP contribution in [0.2, 0.25) is 0 Å². The summed E-state index contributed by atoms with van der Waals surface area (Å²) in [6.07, 6.45) is 0.748. The first-order valence-electron chi connectivity index (χ1n) is 7.56. The van der Waals surface area contributed by atoms with Crippen LogP contribution in [0.3, 0.4) is 0 Å². The second-order valence-corrected chi connectivity index (χ2v) is 5.66. The predicted molar refractivity (Wildman–Crippen MR) is 81.9 cm³/mol. The lowest BCUT2D eigenvalue weighted by Crippen LogP contribution is -2.52. The van der Waals surface area contributed by atoms with Crippen LogP contribution in [0.5, 0.6) is 0 Å². The summed E-state index contributed by atoms with van der Waals surface area (Å²) >= 11 is 0. The maximum absolute atomic E-state index is 13.7. The Bertz CT molecular complexity index is 829. The fourth-order valence-electron chi connectivity index (χ4n) is 2.63. The summed E-state index contributed by atoms with van der Waals surface area (Å²) in [5, 5.41) is 0. The summed E-state index contributed by atoms with van der Waals surface area (Å²) in [5.74, 6) is -3.45. The molecule has 2 aromatic rings. The molecule has 1 aliphatic rings. The highest BCUT2D eigenvalue weighted by atomic mass is 19.1. The maximum atomic E-state index is 13.7. The van der Waals surface area contributed by atoms with E-state index in [1.165, 1.54) is 17.0 Å². The van der Waals surface area contributed by atoms with Gasteiger partial charge in [0.05, 0.1) is 6.20 Å². The Kier molecular flexibility index (Phi) is 4.69. The highest BCUT2D eigenvalue weighted by Gasteiger charge is 2.29. The fraction of sp³-hybridized carbons (Fsp3) is 0.235. The first-order valence-corrected chi connectivity index (χ1v) is 7.56. The summed E-state index contributed by atoms with van der Waals surface area (Å²) in [6.45, 7) is 0.386. The van der Waals surface area contributed by atoms with Gasteiger partial charge in [0.15, 0.2) is 11.5 Å². The van der Waals surface area contributed by atoms with Gasteiger partial charge in [-0.05, 0) is 17.7 Å². The minimum atomic E-state index is -1.07. The Labute approximate surface area is 141 Å². The fourth-order valence-corrected chi connectivity index (χ4v) is 2.63. The summed E-state index contributed by atoms with van der Waals surface area (Å²) in [7, 11) is 0.